The minimum Gasteiger partial charge on any atom is -0.439 e. The summed E-state index contributed by atoms with van der Waals surface area (Å²) in [6.07, 6.45) is 1.86. The number of pyridine rings is 2. The number of hydrogen-bond acceptors (Lipinski definition) is 3. The van der Waals surface area contributed by atoms with E-state index in [1.807, 2.05) is 38.2 Å². The predicted molar refractivity (Wildman–Crippen MR) is 93.0 cm³/mol. The Morgan fingerprint density at radius 2 is 1.52 bits per heavy atom. The Hall–Kier alpha value is -2.94. The van der Waals surface area contributed by atoms with E-state index in [0.29, 0.717) is 5.88 Å². The van der Waals surface area contributed by atoms with Crippen molar-refractivity contribution in [2.24, 2.45) is 0 Å². The van der Waals surface area contributed by atoms with Crippen molar-refractivity contribution in [2.45, 2.75) is 13.8 Å². The molecule has 112 valence electrons. The molecule has 0 bridgehead atoms. The van der Waals surface area contributed by atoms with Crippen LogP contribution >= 0.6 is 0 Å². The van der Waals surface area contributed by atoms with Crippen molar-refractivity contribution in [3.63, 3.8) is 0 Å². The monoisotopic (exact) mass is 300 g/mol. The highest BCUT2D eigenvalue weighted by molar-refractivity contribution is 6.07. The van der Waals surface area contributed by atoms with Gasteiger partial charge in [0.2, 0.25) is 5.88 Å². The summed E-state index contributed by atoms with van der Waals surface area (Å²) in [5.74, 6) is 1.36. The highest BCUT2D eigenvalue weighted by Gasteiger charge is 2.05. The van der Waals surface area contributed by atoms with Crippen LogP contribution in [0.5, 0.6) is 11.6 Å². The van der Waals surface area contributed by atoms with Gasteiger partial charge in [-0.2, -0.15) is 0 Å². The van der Waals surface area contributed by atoms with E-state index in [1.54, 1.807) is 0 Å². The average Bonchev–Trinajstić information content (AvgIpc) is 2.54. The number of hydrogen-bond donors (Lipinski definition) is 0. The topological polar surface area (TPSA) is 35.0 Å². The second kappa shape index (κ2) is 5.36. The molecule has 4 rings (SSSR count). The maximum absolute atomic E-state index is 5.95. The molecule has 3 nitrogen and oxygen atoms in total. The first-order valence-corrected chi connectivity index (χ1v) is 7.60. The number of aryl methyl sites for hydroxylation is 2. The average molecular weight is 300 g/mol. The highest BCUT2D eigenvalue weighted by Crippen LogP contribution is 2.29. The molecule has 2 heterocycles. The van der Waals surface area contributed by atoms with Crippen molar-refractivity contribution in [3.05, 3.63) is 72.2 Å². The second-order valence-electron chi connectivity index (χ2n) is 5.72. The molecule has 0 saturated heterocycles. The van der Waals surface area contributed by atoms with Gasteiger partial charge in [0.05, 0.1) is 0 Å². The quantitative estimate of drug-likeness (QED) is 0.478. The lowest BCUT2D eigenvalue weighted by atomic mass is 10.0. The van der Waals surface area contributed by atoms with E-state index in [9.17, 15) is 0 Å². The number of fused-ring (bicyclic) bond motifs is 3. The van der Waals surface area contributed by atoms with Gasteiger partial charge >= 0.3 is 0 Å². The first-order chi connectivity index (χ1) is 11.2. The summed E-state index contributed by atoms with van der Waals surface area (Å²) in [5, 5.41) is 4.68. The van der Waals surface area contributed by atoms with Gasteiger partial charge in [0.1, 0.15) is 5.75 Å². The van der Waals surface area contributed by atoms with Crippen molar-refractivity contribution in [1.29, 1.82) is 0 Å². The largest absolute Gasteiger partial charge is 0.439 e. The van der Waals surface area contributed by atoms with Gasteiger partial charge in [0.25, 0.3) is 0 Å². The number of aromatic nitrogens is 2. The lowest BCUT2D eigenvalue weighted by molar-refractivity contribution is 0.462. The third kappa shape index (κ3) is 2.61. The Labute approximate surface area is 134 Å². The van der Waals surface area contributed by atoms with Crippen molar-refractivity contribution < 1.29 is 4.74 Å². The number of nitrogens with zero attached hydrogens (tertiary/aromatic N) is 2. The van der Waals surface area contributed by atoms with Gasteiger partial charge in [-0.15, -0.1) is 0 Å². The minimum atomic E-state index is 0.596. The lowest BCUT2D eigenvalue weighted by Gasteiger charge is -2.09. The molecule has 0 radical (unpaired) electrons. The SMILES string of the molecule is Cc1cc(Oc2cc3c(ccc4ccccc43)cn2)cc(C)n1. The van der Waals surface area contributed by atoms with Crippen LogP contribution in [0.15, 0.2) is 60.8 Å². The molecule has 0 amide bonds. The predicted octanol–water partition coefficient (Wildman–Crippen LogP) is 5.19. The van der Waals surface area contributed by atoms with Crippen LogP contribution in [-0.2, 0) is 0 Å². The maximum Gasteiger partial charge on any atom is 0.219 e. The van der Waals surface area contributed by atoms with Crippen molar-refractivity contribution in [2.75, 3.05) is 0 Å². The first kappa shape index (κ1) is 13.7. The van der Waals surface area contributed by atoms with Crippen LogP contribution in [0, 0.1) is 13.8 Å². The standard InChI is InChI=1S/C20H16N2O/c1-13-9-17(10-14(2)22-13)23-20-11-19-16(12-21-20)8-7-15-5-3-4-6-18(15)19/h3-12H,1-2H3. The van der Waals surface area contributed by atoms with Gasteiger partial charge in [0, 0.05) is 41.2 Å². The van der Waals surface area contributed by atoms with Crippen molar-refractivity contribution in [3.8, 4) is 11.6 Å². The molecule has 0 aliphatic carbocycles. The molecule has 0 unspecified atom stereocenters. The third-order valence-corrected chi connectivity index (χ3v) is 3.88. The zero-order valence-corrected chi connectivity index (χ0v) is 13.1. The zero-order chi connectivity index (χ0) is 15.8. The smallest absolute Gasteiger partial charge is 0.219 e. The van der Waals surface area contributed by atoms with Crippen LogP contribution in [0.4, 0.5) is 0 Å². The van der Waals surface area contributed by atoms with Gasteiger partial charge in [-0.25, -0.2) is 4.98 Å². The fraction of sp³-hybridized carbons (Fsp3) is 0.100. The van der Waals surface area contributed by atoms with Gasteiger partial charge in [-0.1, -0.05) is 36.4 Å². The molecule has 2 aromatic heterocycles. The third-order valence-electron chi connectivity index (χ3n) is 3.88. The summed E-state index contributed by atoms with van der Waals surface area (Å²) in [6, 6.07) is 18.4. The Balaban J connectivity index is 1.83. The van der Waals surface area contributed by atoms with Gasteiger partial charge in [-0.05, 0) is 30.0 Å². The van der Waals surface area contributed by atoms with E-state index in [1.165, 1.54) is 10.8 Å². The number of ether oxygens (including phenoxy) is 1. The van der Waals surface area contributed by atoms with E-state index in [2.05, 4.69) is 46.4 Å². The van der Waals surface area contributed by atoms with Crippen LogP contribution in [0.1, 0.15) is 11.4 Å². The fourth-order valence-corrected chi connectivity index (χ4v) is 2.91. The Morgan fingerprint density at radius 1 is 0.783 bits per heavy atom. The normalized spacial score (nSPS) is 11.0. The minimum absolute atomic E-state index is 0.596. The van der Waals surface area contributed by atoms with Crippen LogP contribution in [0.3, 0.4) is 0 Å². The summed E-state index contributed by atoms with van der Waals surface area (Å²) in [5.41, 5.74) is 1.87. The second-order valence-corrected chi connectivity index (χ2v) is 5.72. The van der Waals surface area contributed by atoms with Crippen LogP contribution in [0.25, 0.3) is 21.5 Å². The Kier molecular flexibility index (Phi) is 3.19. The Morgan fingerprint density at radius 3 is 2.35 bits per heavy atom. The molecule has 2 aromatic carbocycles. The van der Waals surface area contributed by atoms with Gasteiger partial charge < -0.3 is 4.74 Å². The molecule has 0 atom stereocenters. The molecule has 3 heteroatoms. The molecular formula is C20H16N2O. The van der Waals surface area contributed by atoms with E-state index < -0.39 is 0 Å². The van der Waals surface area contributed by atoms with E-state index in [0.717, 1.165) is 27.9 Å². The molecular weight excluding hydrogens is 284 g/mol. The number of benzene rings is 2. The molecule has 23 heavy (non-hydrogen) atoms. The van der Waals surface area contributed by atoms with Gasteiger partial charge in [-0.3, -0.25) is 4.98 Å². The summed E-state index contributed by atoms with van der Waals surface area (Å²) in [4.78, 5) is 8.79. The summed E-state index contributed by atoms with van der Waals surface area (Å²) in [7, 11) is 0. The lowest BCUT2D eigenvalue weighted by Crippen LogP contribution is -1.92. The molecule has 4 aromatic rings. The van der Waals surface area contributed by atoms with E-state index >= 15 is 0 Å². The van der Waals surface area contributed by atoms with Crippen LogP contribution in [0.2, 0.25) is 0 Å². The Bertz CT molecular complexity index is 1000. The summed E-state index contributed by atoms with van der Waals surface area (Å²) >= 11 is 0. The number of rotatable bonds is 2. The van der Waals surface area contributed by atoms with Gasteiger partial charge in [0.15, 0.2) is 0 Å². The van der Waals surface area contributed by atoms with Crippen molar-refractivity contribution in [1.82, 2.24) is 9.97 Å². The van der Waals surface area contributed by atoms with Crippen LogP contribution in [-0.4, -0.2) is 9.97 Å². The highest BCUT2D eigenvalue weighted by atomic mass is 16.5. The molecule has 0 aliphatic rings. The molecule has 0 N–H and O–H groups in total. The van der Waals surface area contributed by atoms with E-state index in [4.69, 9.17) is 4.74 Å². The molecule has 0 aliphatic heterocycles. The fourth-order valence-electron chi connectivity index (χ4n) is 2.91. The maximum atomic E-state index is 5.95. The van der Waals surface area contributed by atoms with Crippen LogP contribution < -0.4 is 4.74 Å². The molecule has 0 spiro atoms. The van der Waals surface area contributed by atoms with E-state index in [-0.39, 0.29) is 0 Å². The summed E-state index contributed by atoms with van der Waals surface area (Å²) in [6.45, 7) is 3.92. The van der Waals surface area contributed by atoms with Crippen molar-refractivity contribution >= 4 is 21.5 Å². The zero-order valence-electron chi connectivity index (χ0n) is 13.1. The molecule has 0 fully saturated rings. The summed E-state index contributed by atoms with van der Waals surface area (Å²) < 4.78 is 5.95. The molecule has 0 saturated carbocycles. The first-order valence-electron chi connectivity index (χ1n) is 7.60.